The standard InChI is InChI=1S/C18H22N4O4S/c23-27(24,14-4-5-15-16(11-14)26-10-9-25-15)21-13-3-6-17-19-20-18(12-1-2-12)22(17)8-7-13/h4-5,11-13,21H,1-3,6-10H2. The van der Waals surface area contributed by atoms with E-state index in [1.165, 1.54) is 18.9 Å². The maximum absolute atomic E-state index is 12.9. The lowest BCUT2D eigenvalue weighted by Gasteiger charge is -2.20. The van der Waals surface area contributed by atoms with Crippen LogP contribution in [-0.4, -0.2) is 42.4 Å². The van der Waals surface area contributed by atoms with Gasteiger partial charge >= 0.3 is 0 Å². The molecule has 0 spiro atoms. The van der Waals surface area contributed by atoms with Crippen LogP contribution in [0.5, 0.6) is 11.5 Å². The number of ether oxygens (including phenoxy) is 2. The van der Waals surface area contributed by atoms with Gasteiger partial charge in [0.25, 0.3) is 0 Å². The lowest BCUT2D eigenvalue weighted by molar-refractivity contribution is 0.171. The van der Waals surface area contributed by atoms with E-state index < -0.39 is 10.0 Å². The van der Waals surface area contributed by atoms with Crippen molar-refractivity contribution in [1.29, 1.82) is 0 Å². The Morgan fingerprint density at radius 1 is 1.04 bits per heavy atom. The van der Waals surface area contributed by atoms with Gasteiger partial charge in [-0.05, 0) is 37.8 Å². The Morgan fingerprint density at radius 3 is 2.67 bits per heavy atom. The van der Waals surface area contributed by atoms with E-state index in [1.54, 1.807) is 12.1 Å². The largest absolute Gasteiger partial charge is 0.486 e. The fourth-order valence-electron chi connectivity index (χ4n) is 3.75. The summed E-state index contributed by atoms with van der Waals surface area (Å²) in [7, 11) is -3.62. The molecule has 1 aromatic heterocycles. The van der Waals surface area contributed by atoms with Crippen molar-refractivity contribution in [3.63, 3.8) is 0 Å². The van der Waals surface area contributed by atoms with Crippen molar-refractivity contribution in [2.45, 2.75) is 55.5 Å². The Morgan fingerprint density at radius 2 is 1.85 bits per heavy atom. The number of nitrogens with zero attached hydrogens (tertiary/aromatic N) is 3. The van der Waals surface area contributed by atoms with Crippen LogP contribution in [0.1, 0.15) is 43.3 Å². The van der Waals surface area contributed by atoms with Gasteiger partial charge in [0.05, 0.1) is 4.90 Å². The van der Waals surface area contributed by atoms with Crippen molar-refractivity contribution in [1.82, 2.24) is 19.5 Å². The predicted molar refractivity (Wildman–Crippen MR) is 96.5 cm³/mol. The van der Waals surface area contributed by atoms with Gasteiger partial charge in [0, 0.05) is 31.0 Å². The third-order valence-corrected chi connectivity index (χ3v) is 6.88. The maximum atomic E-state index is 12.9. The summed E-state index contributed by atoms with van der Waals surface area (Å²) in [5, 5.41) is 8.66. The van der Waals surface area contributed by atoms with Gasteiger partial charge in [-0.15, -0.1) is 10.2 Å². The molecule has 2 aliphatic heterocycles. The van der Waals surface area contributed by atoms with Crippen molar-refractivity contribution in [3.05, 3.63) is 29.8 Å². The molecule has 144 valence electrons. The number of rotatable bonds is 4. The summed E-state index contributed by atoms with van der Waals surface area (Å²) < 4.78 is 41.7. The fraction of sp³-hybridized carbons (Fsp3) is 0.556. The number of sulfonamides is 1. The molecule has 1 aromatic carbocycles. The van der Waals surface area contributed by atoms with Gasteiger partial charge in [-0.1, -0.05) is 0 Å². The zero-order chi connectivity index (χ0) is 18.4. The summed E-state index contributed by atoms with van der Waals surface area (Å²) in [5.74, 6) is 3.64. The topological polar surface area (TPSA) is 95.3 Å². The minimum atomic E-state index is -3.62. The van der Waals surface area contributed by atoms with E-state index in [4.69, 9.17) is 9.47 Å². The molecular formula is C18H22N4O4S. The molecule has 0 saturated heterocycles. The second-order valence-corrected chi connectivity index (χ2v) is 9.07. The molecule has 5 rings (SSSR count). The molecule has 2 aromatic rings. The smallest absolute Gasteiger partial charge is 0.240 e. The van der Waals surface area contributed by atoms with Crippen LogP contribution in [0.25, 0.3) is 0 Å². The van der Waals surface area contributed by atoms with Crippen LogP contribution in [0.4, 0.5) is 0 Å². The van der Waals surface area contributed by atoms with Crippen LogP contribution < -0.4 is 14.2 Å². The zero-order valence-corrected chi connectivity index (χ0v) is 15.7. The molecular weight excluding hydrogens is 368 g/mol. The molecule has 27 heavy (non-hydrogen) atoms. The van der Waals surface area contributed by atoms with E-state index in [2.05, 4.69) is 19.5 Å². The minimum Gasteiger partial charge on any atom is -0.486 e. The molecule has 1 aliphatic carbocycles. The molecule has 3 aliphatic rings. The summed E-state index contributed by atoms with van der Waals surface area (Å²) in [4.78, 5) is 0.203. The van der Waals surface area contributed by atoms with Gasteiger partial charge in [0.2, 0.25) is 10.0 Å². The summed E-state index contributed by atoms with van der Waals surface area (Å²) in [5.41, 5.74) is 0. The molecule has 1 N–H and O–H groups in total. The van der Waals surface area contributed by atoms with Gasteiger partial charge < -0.3 is 14.0 Å². The first-order valence-electron chi connectivity index (χ1n) is 9.44. The molecule has 1 saturated carbocycles. The fourth-order valence-corrected chi connectivity index (χ4v) is 5.07. The molecule has 0 bridgehead atoms. The summed E-state index contributed by atoms with van der Waals surface area (Å²) in [6.45, 7) is 1.66. The number of hydrogen-bond acceptors (Lipinski definition) is 6. The van der Waals surface area contributed by atoms with Crippen molar-refractivity contribution in [2.75, 3.05) is 13.2 Å². The van der Waals surface area contributed by atoms with Crippen LogP contribution >= 0.6 is 0 Å². The third kappa shape index (κ3) is 3.29. The second kappa shape index (κ2) is 6.49. The Kier molecular flexibility index (Phi) is 4.08. The average molecular weight is 390 g/mol. The SMILES string of the molecule is O=S(=O)(NC1CCc2nnc(C3CC3)n2CC1)c1ccc2c(c1)OCCO2. The second-order valence-electron chi connectivity index (χ2n) is 7.35. The summed E-state index contributed by atoms with van der Waals surface area (Å²) in [6.07, 6.45) is 4.53. The van der Waals surface area contributed by atoms with E-state index in [1.807, 2.05) is 0 Å². The van der Waals surface area contributed by atoms with Gasteiger partial charge in [0.15, 0.2) is 11.5 Å². The van der Waals surface area contributed by atoms with E-state index in [0.29, 0.717) is 37.1 Å². The van der Waals surface area contributed by atoms with Crippen LogP contribution in [0.3, 0.4) is 0 Å². The van der Waals surface area contributed by atoms with Crippen LogP contribution in [0, 0.1) is 0 Å². The summed E-state index contributed by atoms with van der Waals surface area (Å²) >= 11 is 0. The number of fused-ring (bicyclic) bond motifs is 2. The molecule has 0 amide bonds. The molecule has 0 radical (unpaired) electrons. The highest BCUT2D eigenvalue weighted by Crippen LogP contribution is 2.39. The van der Waals surface area contributed by atoms with Gasteiger partial charge in [-0.3, -0.25) is 0 Å². The molecule has 8 nitrogen and oxygen atoms in total. The maximum Gasteiger partial charge on any atom is 0.240 e. The Balaban J connectivity index is 1.31. The van der Waals surface area contributed by atoms with E-state index >= 15 is 0 Å². The molecule has 3 heterocycles. The number of hydrogen-bond donors (Lipinski definition) is 1. The quantitative estimate of drug-likeness (QED) is 0.852. The van der Waals surface area contributed by atoms with Gasteiger partial charge in [-0.25, -0.2) is 13.1 Å². The van der Waals surface area contributed by atoms with Crippen LogP contribution in [0.15, 0.2) is 23.1 Å². The first-order chi connectivity index (χ1) is 13.1. The Hall–Kier alpha value is -2.13. The molecule has 1 fully saturated rings. The highest BCUT2D eigenvalue weighted by atomic mass is 32.2. The molecule has 1 unspecified atom stereocenters. The number of nitrogens with one attached hydrogen (secondary N) is 1. The average Bonchev–Trinajstić information content (AvgIpc) is 3.47. The zero-order valence-electron chi connectivity index (χ0n) is 14.9. The summed E-state index contributed by atoms with van der Waals surface area (Å²) in [6, 6.07) is 4.62. The van der Waals surface area contributed by atoms with Crippen molar-refractivity contribution in [3.8, 4) is 11.5 Å². The Bertz CT molecular complexity index is 968. The van der Waals surface area contributed by atoms with Gasteiger partial charge in [0.1, 0.15) is 24.9 Å². The predicted octanol–water partition coefficient (Wildman–Crippen LogP) is 1.61. The third-order valence-electron chi connectivity index (χ3n) is 5.36. The van der Waals surface area contributed by atoms with Crippen LogP contribution in [0.2, 0.25) is 0 Å². The first-order valence-corrected chi connectivity index (χ1v) is 10.9. The highest BCUT2D eigenvalue weighted by molar-refractivity contribution is 7.89. The van der Waals surface area contributed by atoms with Crippen molar-refractivity contribution < 1.29 is 17.9 Å². The van der Waals surface area contributed by atoms with E-state index in [-0.39, 0.29) is 10.9 Å². The Labute approximate surface area is 157 Å². The normalized spacial score (nSPS) is 22.1. The van der Waals surface area contributed by atoms with Crippen molar-refractivity contribution in [2.24, 2.45) is 0 Å². The van der Waals surface area contributed by atoms with Crippen LogP contribution in [-0.2, 0) is 23.0 Å². The lowest BCUT2D eigenvalue weighted by atomic mass is 10.1. The molecule has 9 heteroatoms. The number of benzene rings is 1. The van der Waals surface area contributed by atoms with E-state index in [9.17, 15) is 8.42 Å². The first kappa shape index (κ1) is 17.0. The van der Waals surface area contributed by atoms with E-state index in [0.717, 1.165) is 31.0 Å². The molecule has 1 atom stereocenters. The number of aryl methyl sites for hydroxylation is 1. The monoisotopic (exact) mass is 390 g/mol. The highest BCUT2D eigenvalue weighted by Gasteiger charge is 2.32. The lowest BCUT2D eigenvalue weighted by Crippen LogP contribution is -2.35. The minimum absolute atomic E-state index is 0.128. The van der Waals surface area contributed by atoms with Gasteiger partial charge in [-0.2, -0.15) is 0 Å². The van der Waals surface area contributed by atoms with Crippen molar-refractivity contribution >= 4 is 10.0 Å². The number of aromatic nitrogens is 3.